The molecule has 0 aromatic rings. The van der Waals surface area contributed by atoms with Gasteiger partial charge in [-0.25, -0.2) is 0 Å². The first-order valence-electron chi connectivity index (χ1n) is 6.70. The SMILES string of the molecule is CCCC1(C(=O)NC2CCNC(C)C2)CC1. The van der Waals surface area contributed by atoms with Crippen LogP contribution >= 0.6 is 0 Å². The van der Waals surface area contributed by atoms with Crippen LogP contribution < -0.4 is 10.6 Å². The highest BCUT2D eigenvalue weighted by Gasteiger charge is 2.49. The largest absolute Gasteiger partial charge is 0.353 e. The molecule has 1 aliphatic heterocycles. The van der Waals surface area contributed by atoms with E-state index in [1.807, 2.05) is 0 Å². The van der Waals surface area contributed by atoms with E-state index in [4.69, 9.17) is 0 Å². The van der Waals surface area contributed by atoms with Crippen molar-refractivity contribution < 1.29 is 4.79 Å². The monoisotopic (exact) mass is 224 g/mol. The fraction of sp³-hybridized carbons (Fsp3) is 0.923. The summed E-state index contributed by atoms with van der Waals surface area (Å²) in [7, 11) is 0. The smallest absolute Gasteiger partial charge is 0.226 e. The fourth-order valence-electron chi connectivity index (χ4n) is 2.82. The molecule has 0 aromatic heterocycles. The van der Waals surface area contributed by atoms with Crippen LogP contribution in [0.15, 0.2) is 0 Å². The van der Waals surface area contributed by atoms with Crippen molar-refractivity contribution in [3.63, 3.8) is 0 Å². The van der Waals surface area contributed by atoms with Crippen molar-refractivity contribution in [2.75, 3.05) is 6.54 Å². The van der Waals surface area contributed by atoms with Gasteiger partial charge in [-0.2, -0.15) is 0 Å². The first-order chi connectivity index (χ1) is 7.66. The van der Waals surface area contributed by atoms with Gasteiger partial charge in [-0.1, -0.05) is 13.3 Å². The molecule has 3 heteroatoms. The summed E-state index contributed by atoms with van der Waals surface area (Å²) in [6, 6.07) is 0.943. The van der Waals surface area contributed by atoms with Crippen molar-refractivity contribution >= 4 is 5.91 Å². The van der Waals surface area contributed by atoms with E-state index in [9.17, 15) is 4.79 Å². The van der Waals surface area contributed by atoms with Crippen LogP contribution in [0.3, 0.4) is 0 Å². The van der Waals surface area contributed by atoms with Crippen LogP contribution in [0.1, 0.15) is 52.4 Å². The number of rotatable bonds is 4. The number of hydrogen-bond donors (Lipinski definition) is 2. The molecule has 92 valence electrons. The Kier molecular flexibility index (Phi) is 3.53. The molecule has 0 bridgehead atoms. The Morgan fingerprint density at radius 2 is 2.25 bits per heavy atom. The second-order valence-electron chi connectivity index (χ2n) is 5.58. The van der Waals surface area contributed by atoms with Gasteiger partial charge in [0.05, 0.1) is 0 Å². The zero-order valence-electron chi connectivity index (χ0n) is 10.5. The molecule has 2 aliphatic rings. The fourth-order valence-corrected chi connectivity index (χ4v) is 2.82. The molecule has 1 aliphatic carbocycles. The van der Waals surface area contributed by atoms with Gasteiger partial charge in [0, 0.05) is 17.5 Å². The summed E-state index contributed by atoms with van der Waals surface area (Å²) >= 11 is 0. The van der Waals surface area contributed by atoms with Crippen LogP contribution in [-0.2, 0) is 4.79 Å². The van der Waals surface area contributed by atoms with Crippen molar-refractivity contribution in [3.8, 4) is 0 Å². The Hall–Kier alpha value is -0.570. The number of carbonyl (C=O) groups is 1. The molecule has 1 saturated carbocycles. The summed E-state index contributed by atoms with van der Waals surface area (Å²) in [6.45, 7) is 5.39. The first kappa shape index (κ1) is 11.9. The van der Waals surface area contributed by atoms with Gasteiger partial charge in [0.2, 0.25) is 5.91 Å². The molecule has 2 N–H and O–H groups in total. The molecule has 1 saturated heterocycles. The van der Waals surface area contributed by atoms with Crippen molar-refractivity contribution in [3.05, 3.63) is 0 Å². The van der Waals surface area contributed by atoms with Gasteiger partial charge < -0.3 is 10.6 Å². The molecular weight excluding hydrogens is 200 g/mol. The molecule has 0 radical (unpaired) electrons. The molecule has 3 nitrogen and oxygen atoms in total. The van der Waals surface area contributed by atoms with Gasteiger partial charge in [0.1, 0.15) is 0 Å². The zero-order valence-corrected chi connectivity index (χ0v) is 10.5. The number of amides is 1. The van der Waals surface area contributed by atoms with E-state index in [2.05, 4.69) is 24.5 Å². The van der Waals surface area contributed by atoms with Gasteiger partial charge in [0.25, 0.3) is 0 Å². The third kappa shape index (κ3) is 2.57. The van der Waals surface area contributed by atoms with E-state index in [1.54, 1.807) is 0 Å². The summed E-state index contributed by atoms with van der Waals surface area (Å²) in [5.41, 5.74) is 0.0306. The highest BCUT2D eigenvalue weighted by Crippen LogP contribution is 2.49. The standard InChI is InChI=1S/C13H24N2O/c1-3-5-13(6-7-13)12(16)15-11-4-8-14-10(2)9-11/h10-11,14H,3-9H2,1-2H3,(H,15,16). The lowest BCUT2D eigenvalue weighted by atomic mass is 9.96. The molecule has 1 heterocycles. The topological polar surface area (TPSA) is 41.1 Å². The lowest BCUT2D eigenvalue weighted by molar-refractivity contribution is -0.127. The molecule has 1 amide bonds. The third-order valence-electron chi connectivity index (χ3n) is 4.02. The first-order valence-corrected chi connectivity index (χ1v) is 6.70. The van der Waals surface area contributed by atoms with Crippen LogP contribution in [0.2, 0.25) is 0 Å². The lowest BCUT2D eigenvalue weighted by Crippen LogP contribution is -2.48. The summed E-state index contributed by atoms with van der Waals surface area (Å²) in [5.74, 6) is 0.327. The van der Waals surface area contributed by atoms with Crippen LogP contribution in [0.25, 0.3) is 0 Å². The van der Waals surface area contributed by atoms with Crippen molar-refractivity contribution in [1.82, 2.24) is 10.6 Å². The second kappa shape index (κ2) is 4.74. The predicted octanol–water partition coefficient (Wildman–Crippen LogP) is 1.82. The Labute approximate surface area is 98.4 Å². The van der Waals surface area contributed by atoms with E-state index < -0.39 is 0 Å². The molecule has 0 spiro atoms. The van der Waals surface area contributed by atoms with E-state index in [0.29, 0.717) is 18.0 Å². The maximum atomic E-state index is 12.2. The molecule has 0 aromatic carbocycles. The maximum absolute atomic E-state index is 12.2. The molecule has 2 rings (SSSR count). The lowest BCUT2D eigenvalue weighted by Gasteiger charge is -2.30. The van der Waals surface area contributed by atoms with Crippen LogP contribution in [0, 0.1) is 5.41 Å². The zero-order chi connectivity index (χ0) is 11.6. The van der Waals surface area contributed by atoms with E-state index >= 15 is 0 Å². The Morgan fingerprint density at radius 1 is 1.50 bits per heavy atom. The average Bonchev–Trinajstić information content (AvgIpc) is 2.99. The number of nitrogens with one attached hydrogen (secondary N) is 2. The maximum Gasteiger partial charge on any atom is 0.226 e. The molecule has 16 heavy (non-hydrogen) atoms. The number of piperidine rings is 1. The predicted molar refractivity (Wildman–Crippen MR) is 65.2 cm³/mol. The van der Waals surface area contributed by atoms with Gasteiger partial charge >= 0.3 is 0 Å². The summed E-state index contributed by atoms with van der Waals surface area (Å²) in [5, 5.41) is 6.67. The summed E-state index contributed by atoms with van der Waals surface area (Å²) < 4.78 is 0. The molecule has 2 fully saturated rings. The third-order valence-corrected chi connectivity index (χ3v) is 4.02. The van der Waals surface area contributed by atoms with Crippen molar-refractivity contribution in [2.24, 2.45) is 5.41 Å². The summed E-state index contributed by atoms with van der Waals surface area (Å²) in [6.07, 6.45) is 6.56. The second-order valence-corrected chi connectivity index (χ2v) is 5.58. The quantitative estimate of drug-likeness (QED) is 0.765. The number of carbonyl (C=O) groups excluding carboxylic acids is 1. The molecule has 2 unspecified atom stereocenters. The van der Waals surface area contributed by atoms with E-state index in [-0.39, 0.29) is 5.41 Å². The Bertz CT molecular complexity index is 261. The minimum Gasteiger partial charge on any atom is -0.353 e. The van der Waals surface area contributed by atoms with Crippen LogP contribution in [0.5, 0.6) is 0 Å². The Morgan fingerprint density at radius 3 is 2.81 bits per heavy atom. The highest BCUT2D eigenvalue weighted by molar-refractivity contribution is 5.85. The summed E-state index contributed by atoms with van der Waals surface area (Å²) in [4.78, 5) is 12.2. The van der Waals surface area contributed by atoms with Crippen LogP contribution in [0.4, 0.5) is 0 Å². The normalized spacial score (nSPS) is 32.1. The Balaban J connectivity index is 1.82. The number of hydrogen-bond acceptors (Lipinski definition) is 2. The highest BCUT2D eigenvalue weighted by atomic mass is 16.2. The van der Waals surface area contributed by atoms with E-state index in [0.717, 1.165) is 45.1 Å². The van der Waals surface area contributed by atoms with Gasteiger partial charge in [-0.3, -0.25) is 4.79 Å². The minimum absolute atomic E-state index is 0.0306. The van der Waals surface area contributed by atoms with Crippen LogP contribution in [-0.4, -0.2) is 24.5 Å². The van der Waals surface area contributed by atoms with E-state index in [1.165, 1.54) is 0 Å². The molecular formula is C13H24N2O. The van der Waals surface area contributed by atoms with Gasteiger partial charge in [-0.15, -0.1) is 0 Å². The van der Waals surface area contributed by atoms with Gasteiger partial charge in [-0.05, 0) is 45.6 Å². The minimum atomic E-state index is 0.0306. The molecule has 2 atom stereocenters. The van der Waals surface area contributed by atoms with Crippen molar-refractivity contribution in [1.29, 1.82) is 0 Å². The average molecular weight is 224 g/mol. The van der Waals surface area contributed by atoms with Gasteiger partial charge in [0.15, 0.2) is 0 Å². The van der Waals surface area contributed by atoms with Crippen molar-refractivity contribution in [2.45, 2.75) is 64.5 Å².